The fourth-order valence-corrected chi connectivity index (χ4v) is 5.19. The lowest BCUT2D eigenvalue weighted by Crippen LogP contribution is -2.43. The van der Waals surface area contributed by atoms with Gasteiger partial charge in [-0.1, -0.05) is 61.2 Å². The molecule has 2 aliphatic rings. The number of hydrogen-bond acceptors (Lipinski definition) is 5. The summed E-state index contributed by atoms with van der Waals surface area (Å²) in [5, 5.41) is 0.193. The zero-order valence-corrected chi connectivity index (χ0v) is 20.4. The molecular weight excluding hydrogens is 473 g/mol. The predicted molar refractivity (Wildman–Crippen MR) is 129 cm³/mol. The zero-order chi connectivity index (χ0) is 25.1. The van der Waals surface area contributed by atoms with E-state index in [2.05, 4.69) is 0 Å². The highest BCUT2D eigenvalue weighted by atomic mass is 35.5. The number of benzene rings is 2. The molecule has 0 aromatic heterocycles. The number of rotatable bonds is 7. The lowest BCUT2D eigenvalue weighted by Gasteiger charge is -2.35. The molecule has 0 N–H and O–H groups in total. The van der Waals surface area contributed by atoms with E-state index in [-0.39, 0.29) is 33.7 Å². The van der Waals surface area contributed by atoms with Gasteiger partial charge in [0.1, 0.15) is 5.82 Å². The van der Waals surface area contributed by atoms with Crippen molar-refractivity contribution in [1.82, 2.24) is 0 Å². The minimum atomic E-state index is -1.27. The van der Waals surface area contributed by atoms with Crippen molar-refractivity contribution in [1.29, 1.82) is 0 Å². The number of ether oxygens (including phenoxy) is 2. The van der Waals surface area contributed by atoms with Crippen LogP contribution in [0.25, 0.3) is 0 Å². The van der Waals surface area contributed by atoms with Gasteiger partial charge in [-0.15, -0.1) is 0 Å². The molecule has 1 fully saturated rings. The van der Waals surface area contributed by atoms with Crippen molar-refractivity contribution in [3.63, 3.8) is 0 Å². The number of methoxy groups -OCH3 is 1. The van der Waals surface area contributed by atoms with Crippen LogP contribution in [-0.4, -0.2) is 30.8 Å². The minimum absolute atomic E-state index is 0.0154. The Bertz CT molecular complexity index is 1160. The number of ketones is 1. The molecule has 0 unspecified atom stereocenters. The largest absolute Gasteiger partial charge is 0.468 e. The molecule has 35 heavy (non-hydrogen) atoms. The topological polar surface area (TPSA) is 72.9 Å². The van der Waals surface area contributed by atoms with Gasteiger partial charge < -0.3 is 9.47 Å². The van der Waals surface area contributed by atoms with Crippen LogP contribution in [0.15, 0.2) is 59.9 Å². The van der Waals surface area contributed by atoms with Crippen LogP contribution >= 0.6 is 11.6 Å². The van der Waals surface area contributed by atoms with Crippen LogP contribution in [0.3, 0.4) is 0 Å². The highest BCUT2D eigenvalue weighted by Gasteiger charge is 2.49. The van der Waals surface area contributed by atoms with Crippen molar-refractivity contribution in [2.45, 2.75) is 51.2 Å². The second-order valence-electron chi connectivity index (χ2n) is 8.84. The van der Waals surface area contributed by atoms with Gasteiger partial charge in [0.05, 0.1) is 24.4 Å². The Morgan fingerprint density at radius 1 is 1.09 bits per heavy atom. The van der Waals surface area contributed by atoms with E-state index in [1.54, 1.807) is 30.3 Å². The van der Waals surface area contributed by atoms with Gasteiger partial charge >= 0.3 is 5.97 Å². The number of amides is 1. The summed E-state index contributed by atoms with van der Waals surface area (Å²) in [6.45, 7) is 1.36. The number of esters is 1. The maximum atomic E-state index is 15.1. The molecule has 0 bridgehead atoms. The van der Waals surface area contributed by atoms with Gasteiger partial charge in [0.25, 0.3) is 5.91 Å². The molecule has 6 nitrogen and oxygen atoms in total. The SMILES string of the molecule is COC(=O)[C@H](OC1=C(C(C)=O)[C@@H](C2CCCCC2)N(c2ccc(Cl)cc2F)C1=O)c1ccccc1. The summed E-state index contributed by atoms with van der Waals surface area (Å²) in [6.07, 6.45) is 3.26. The molecule has 0 spiro atoms. The van der Waals surface area contributed by atoms with E-state index in [0.29, 0.717) is 5.56 Å². The van der Waals surface area contributed by atoms with Gasteiger partial charge in [-0.25, -0.2) is 9.18 Å². The van der Waals surface area contributed by atoms with E-state index in [4.69, 9.17) is 21.1 Å². The number of carbonyl (C=O) groups excluding carboxylic acids is 3. The van der Waals surface area contributed by atoms with Crippen molar-refractivity contribution in [2.24, 2.45) is 5.92 Å². The molecule has 8 heteroatoms. The summed E-state index contributed by atoms with van der Waals surface area (Å²) in [5.41, 5.74) is 0.635. The first kappa shape index (κ1) is 24.9. The zero-order valence-electron chi connectivity index (χ0n) is 19.6. The Hall–Kier alpha value is -3.19. The molecule has 1 amide bonds. The first-order valence-electron chi connectivity index (χ1n) is 11.7. The van der Waals surface area contributed by atoms with Crippen LogP contribution in [0.5, 0.6) is 0 Å². The molecule has 1 saturated carbocycles. The molecule has 2 atom stereocenters. The van der Waals surface area contributed by atoms with Crippen molar-refractivity contribution in [3.05, 3.63) is 76.3 Å². The summed E-state index contributed by atoms with van der Waals surface area (Å²) in [6, 6.07) is 11.9. The van der Waals surface area contributed by atoms with E-state index in [1.165, 1.54) is 31.1 Å². The Balaban J connectivity index is 1.84. The van der Waals surface area contributed by atoms with Crippen LogP contribution in [0, 0.1) is 11.7 Å². The Labute approximate surface area is 208 Å². The molecule has 1 aliphatic heterocycles. The first-order chi connectivity index (χ1) is 16.8. The van der Waals surface area contributed by atoms with Crippen LogP contribution in [-0.2, 0) is 23.9 Å². The van der Waals surface area contributed by atoms with Gasteiger partial charge in [0, 0.05) is 10.6 Å². The second-order valence-corrected chi connectivity index (χ2v) is 9.28. The standard InChI is InChI=1S/C27H27ClFNO5/c1-16(31)22-23(17-9-5-3-6-10-17)30(21-14-13-19(28)15-20(21)29)26(32)25(22)35-24(27(33)34-2)18-11-7-4-8-12-18/h4,7-8,11-15,17,23-24H,3,5-6,9-10H2,1-2H3/t23-,24-/m1/s1. The average Bonchev–Trinajstić information content (AvgIpc) is 3.15. The predicted octanol–water partition coefficient (Wildman–Crippen LogP) is 5.55. The van der Waals surface area contributed by atoms with Gasteiger partial charge in [-0.05, 0) is 43.9 Å². The molecule has 4 rings (SSSR count). The highest BCUT2D eigenvalue weighted by Crippen LogP contribution is 2.43. The van der Waals surface area contributed by atoms with E-state index in [9.17, 15) is 14.4 Å². The minimum Gasteiger partial charge on any atom is -0.468 e. The normalized spacial score (nSPS) is 19.6. The van der Waals surface area contributed by atoms with Crippen LogP contribution < -0.4 is 4.90 Å². The molecule has 2 aromatic carbocycles. The first-order valence-corrected chi connectivity index (χ1v) is 12.0. The van der Waals surface area contributed by atoms with Crippen molar-refractivity contribution in [3.8, 4) is 0 Å². The van der Waals surface area contributed by atoms with Crippen LogP contribution in [0.4, 0.5) is 10.1 Å². The third kappa shape index (κ3) is 4.96. The van der Waals surface area contributed by atoms with E-state index >= 15 is 4.39 Å². The van der Waals surface area contributed by atoms with E-state index in [1.807, 2.05) is 0 Å². The smallest absolute Gasteiger partial charge is 0.351 e. The number of carbonyl (C=O) groups is 3. The number of anilines is 1. The van der Waals surface area contributed by atoms with Gasteiger partial charge in [-0.2, -0.15) is 0 Å². The van der Waals surface area contributed by atoms with Crippen LogP contribution in [0.2, 0.25) is 5.02 Å². The van der Waals surface area contributed by atoms with Crippen molar-refractivity contribution < 1.29 is 28.2 Å². The van der Waals surface area contributed by atoms with Crippen molar-refractivity contribution >= 4 is 34.9 Å². The maximum absolute atomic E-state index is 15.1. The monoisotopic (exact) mass is 499 g/mol. The molecule has 1 heterocycles. The third-order valence-corrected chi connectivity index (χ3v) is 6.86. The van der Waals surface area contributed by atoms with Gasteiger partial charge in [0.15, 0.2) is 11.5 Å². The molecule has 0 saturated heterocycles. The number of Topliss-reactive ketones (excluding diaryl/α,β-unsaturated/α-hetero) is 1. The summed E-state index contributed by atoms with van der Waals surface area (Å²) in [5.74, 6) is -2.74. The quantitative estimate of drug-likeness (QED) is 0.467. The fraction of sp³-hybridized carbons (Fsp3) is 0.370. The lowest BCUT2D eigenvalue weighted by atomic mass is 9.80. The van der Waals surface area contributed by atoms with Gasteiger partial charge in [-0.3, -0.25) is 14.5 Å². The maximum Gasteiger partial charge on any atom is 0.351 e. The molecule has 184 valence electrons. The van der Waals surface area contributed by atoms with Gasteiger partial charge in [0.2, 0.25) is 6.10 Å². The number of hydrogen-bond donors (Lipinski definition) is 0. The average molecular weight is 500 g/mol. The molecule has 0 radical (unpaired) electrons. The summed E-state index contributed by atoms with van der Waals surface area (Å²) < 4.78 is 26.0. The lowest BCUT2D eigenvalue weighted by molar-refractivity contribution is -0.152. The molecule has 1 aliphatic carbocycles. The third-order valence-electron chi connectivity index (χ3n) is 6.63. The Morgan fingerprint density at radius 2 is 1.77 bits per heavy atom. The van der Waals surface area contributed by atoms with E-state index in [0.717, 1.165) is 38.2 Å². The molecule has 2 aromatic rings. The summed E-state index contributed by atoms with van der Waals surface area (Å²) >= 11 is 5.96. The Morgan fingerprint density at radius 3 is 2.37 bits per heavy atom. The summed E-state index contributed by atoms with van der Waals surface area (Å²) in [4.78, 5) is 40.8. The number of nitrogens with zero attached hydrogens (tertiary/aromatic N) is 1. The van der Waals surface area contributed by atoms with Crippen LogP contribution in [0.1, 0.15) is 50.7 Å². The highest BCUT2D eigenvalue weighted by molar-refractivity contribution is 6.30. The summed E-state index contributed by atoms with van der Waals surface area (Å²) in [7, 11) is 1.22. The second kappa shape index (κ2) is 10.6. The number of halogens is 2. The van der Waals surface area contributed by atoms with Crippen molar-refractivity contribution in [2.75, 3.05) is 12.0 Å². The Kier molecular flexibility index (Phi) is 7.55. The van der Waals surface area contributed by atoms with E-state index < -0.39 is 29.8 Å². The molecular formula is C27H27ClFNO5. The fourth-order valence-electron chi connectivity index (χ4n) is 5.03.